The van der Waals surface area contributed by atoms with Gasteiger partial charge in [0.2, 0.25) is 0 Å². The highest BCUT2D eigenvalue weighted by atomic mass is 79.9. The molecule has 0 aliphatic carbocycles. The van der Waals surface area contributed by atoms with Gasteiger partial charge in [-0.05, 0) is 12.5 Å². The van der Waals surface area contributed by atoms with E-state index < -0.39 is 6.10 Å². The topological polar surface area (TPSA) is 37.3 Å². The summed E-state index contributed by atoms with van der Waals surface area (Å²) in [5.41, 5.74) is 0.784. The van der Waals surface area contributed by atoms with Crippen molar-refractivity contribution < 1.29 is 9.90 Å². The van der Waals surface area contributed by atoms with Gasteiger partial charge in [-0.15, -0.1) is 0 Å². The fraction of sp³-hybridized carbons (Fsp3) is 0.364. The van der Waals surface area contributed by atoms with E-state index in [2.05, 4.69) is 15.9 Å². The number of hydrogen-bond acceptors (Lipinski definition) is 2. The molecule has 0 fully saturated rings. The summed E-state index contributed by atoms with van der Waals surface area (Å²) in [6.07, 6.45) is -0.715. The molecule has 0 bridgehead atoms. The molecule has 14 heavy (non-hydrogen) atoms. The summed E-state index contributed by atoms with van der Waals surface area (Å²) < 4.78 is 0. The number of carbonyl (C=O) groups excluding carboxylic acids is 1. The number of Topliss-reactive ketones (excluding diaryl/α,β-unsaturated/α-hetero) is 1. The third-order valence-corrected chi connectivity index (χ3v) is 2.91. The zero-order valence-electron chi connectivity index (χ0n) is 7.98. The molecule has 0 heterocycles. The van der Waals surface area contributed by atoms with Gasteiger partial charge in [0.25, 0.3) is 0 Å². The average Bonchev–Trinajstić information content (AvgIpc) is 2.19. The lowest BCUT2D eigenvalue weighted by Gasteiger charge is -2.18. The number of carbonyl (C=O) groups is 1. The number of hydrogen-bond donors (Lipinski definition) is 1. The molecule has 1 N–H and O–H groups in total. The van der Waals surface area contributed by atoms with Crippen molar-refractivity contribution in [3.05, 3.63) is 35.9 Å². The van der Waals surface area contributed by atoms with Gasteiger partial charge in [-0.3, -0.25) is 4.79 Å². The Morgan fingerprint density at radius 2 is 2.00 bits per heavy atom. The molecule has 0 amide bonds. The van der Waals surface area contributed by atoms with Gasteiger partial charge in [0.1, 0.15) is 5.78 Å². The standard InChI is InChI=1S/C11H13BrO2/c1-8(13)10(7-12)11(14)9-5-3-2-4-6-9/h2-6,10-11,14H,7H2,1H3/t10-,11-/m0/s1. The maximum Gasteiger partial charge on any atom is 0.136 e. The zero-order valence-corrected chi connectivity index (χ0v) is 9.57. The van der Waals surface area contributed by atoms with Crippen LogP contribution in [0.3, 0.4) is 0 Å². The van der Waals surface area contributed by atoms with Crippen LogP contribution in [0.15, 0.2) is 30.3 Å². The Morgan fingerprint density at radius 3 is 2.43 bits per heavy atom. The largest absolute Gasteiger partial charge is 0.388 e. The second-order valence-corrected chi connectivity index (χ2v) is 3.87. The van der Waals surface area contributed by atoms with Crippen LogP contribution in [0.1, 0.15) is 18.6 Å². The summed E-state index contributed by atoms with van der Waals surface area (Å²) >= 11 is 3.23. The molecule has 2 atom stereocenters. The Bertz CT molecular complexity index is 297. The monoisotopic (exact) mass is 256 g/mol. The minimum absolute atomic E-state index is 0.00164. The van der Waals surface area contributed by atoms with E-state index in [1.807, 2.05) is 30.3 Å². The maximum absolute atomic E-state index is 11.2. The van der Waals surface area contributed by atoms with Gasteiger partial charge in [0.15, 0.2) is 0 Å². The molecule has 2 nitrogen and oxygen atoms in total. The van der Waals surface area contributed by atoms with Gasteiger partial charge in [0.05, 0.1) is 12.0 Å². The van der Waals surface area contributed by atoms with E-state index >= 15 is 0 Å². The minimum atomic E-state index is -0.715. The highest BCUT2D eigenvalue weighted by Gasteiger charge is 2.23. The predicted octanol–water partition coefficient (Wildman–Crippen LogP) is 2.32. The predicted molar refractivity (Wildman–Crippen MR) is 59.4 cm³/mol. The molecule has 0 radical (unpaired) electrons. The molecule has 1 aromatic carbocycles. The van der Waals surface area contributed by atoms with Gasteiger partial charge in [-0.1, -0.05) is 46.3 Å². The molecule has 76 valence electrons. The number of ketones is 1. The van der Waals surface area contributed by atoms with Crippen molar-refractivity contribution in [2.45, 2.75) is 13.0 Å². The summed E-state index contributed by atoms with van der Waals surface area (Å²) in [6.45, 7) is 1.50. The smallest absolute Gasteiger partial charge is 0.136 e. The molecule has 0 unspecified atom stereocenters. The molecule has 0 aliphatic heterocycles. The number of halogens is 1. The molecule has 1 aromatic rings. The fourth-order valence-corrected chi connectivity index (χ4v) is 2.11. The van der Waals surface area contributed by atoms with E-state index in [4.69, 9.17) is 0 Å². The lowest BCUT2D eigenvalue weighted by molar-refractivity contribution is -0.123. The van der Waals surface area contributed by atoms with E-state index in [1.165, 1.54) is 6.92 Å². The van der Waals surface area contributed by atoms with Crippen LogP contribution in [0.5, 0.6) is 0 Å². The number of aliphatic hydroxyl groups excluding tert-OH is 1. The normalized spacial score (nSPS) is 14.8. The first kappa shape index (κ1) is 11.4. The Hall–Kier alpha value is -0.670. The van der Waals surface area contributed by atoms with Gasteiger partial charge >= 0.3 is 0 Å². The zero-order chi connectivity index (χ0) is 10.6. The number of rotatable bonds is 4. The van der Waals surface area contributed by atoms with Crippen molar-refractivity contribution >= 4 is 21.7 Å². The summed E-state index contributed by atoms with van der Waals surface area (Å²) in [5, 5.41) is 10.4. The highest BCUT2D eigenvalue weighted by Crippen LogP contribution is 2.23. The van der Waals surface area contributed by atoms with E-state index in [0.717, 1.165) is 5.56 Å². The van der Waals surface area contributed by atoms with Crippen LogP contribution in [0.4, 0.5) is 0 Å². The Kier molecular flexibility index (Phi) is 4.29. The van der Waals surface area contributed by atoms with Crippen LogP contribution in [0.2, 0.25) is 0 Å². The van der Waals surface area contributed by atoms with Crippen LogP contribution in [0, 0.1) is 5.92 Å². The van der Waals surface area contributed by atoms with E-state index in [0.29, 0.717) is 5.33 Å². The highest BCUT2D eigenvalue weighted by molar-refractivity contribution is 9.09. The molecule has 1 rings (SSSR count). The first-order valence-corrected chi connectivity index (χ1v) is 5.58. The van der Waals surface area contributed by atoms with E-state index in [-0.39, 0.29) is 11.7 Å². The van der Waals surface area contributed by atoms with Crippen LogP contribution in [0.25, 0.3) is 0 Å². The van der Waals surface area contributed by atoms with Crippen molar-refractivity contribution in [1.29, 1.82) is 0 Å². The Morgan fingerprint density at radius 1 is 1.43 bits per heavy atom. The van der Waals surface area contributed by atoms with Crippen molar-refractivity contribution in [2.24, 2.45) is 5.92 Å². The first-order chi connectivity index (χ1) is 6.66. The molecule has 0 saturated carbocycles. The van der Waals surface area contributed by atoms with Gasteiger partial charge in [-0.2, -0.15) is 0 Å². The molecule has 0 aliphatic rings. The van der Waals surface area contributed by atoms with E-state index in [1.54, 1.807) is 0 Å². The SMILES string of the molecule is CC(=O)[C@H](CBr)[C@@H](O)c1ccccc1. The molecule has 0 saturated heterocycles. The Labute approximate surface area is 92.1 Å². The van der Waals surface area contributed by atoms with E-state index in [9.17, 15) is 9.90 Å². The fourth-order valence-electron chi connectivity index (χ4n) is 1.30. The molecule has 0 aromatic heterocycles. The number of aliphatic hydroxyl groups is 1. The molecule has 0 spiro atoms. The second kappa shape index (κ2) is 5.27. The molecular weight excluding hydrogens is 244 g/mol. The summed E-state index contributed by atoms with van der Waals surface area (Å²) in [6, 6.07) is 9.23. The van der Waals surface area contributed by atoms with Gasteiger partial charge < -0.3 is 5.11 Å². The molecule has 3 heteroatoms. The summed E-state index contributed by atoms with van der Waals surface area (Å²) in [4.78, 5) is 11.2. The average molecular weight is 257 g/mol. The van der Waals surface area contributed by atoms with Crippen LogP contribution >= 0.6 is 15.9 Å². The number of benzene rings is 1. The van der Waals surface area contributed by atoms with Crippen LogP contribution in [-0.4, -0.2) is 16.2 Å². The van der Waals surface area contributed by atoms with Crippen LogP contribution in [-0.2, 0) is 4.79 Å². The first-order valence-electron chi connectivity index (χ1n) is 4.46. The van der Waals surface area contributed by atoms with Crippen LogP contribution < -0.4 is 0 Å². The summed E-state index contributed by atoms with van der Waals surface area (Å²) in [7, 11) is 0. The third-order valence-electron chi connectivity index (χ3n) is 2.21. The van der Waals surface area contributed by atoms with Gasteiger partial charge in [0, 0.05) is 5.33 Å². The minimum Gasteiger partial charge on any atom is -0.388 e. The lowest BCUT2D eigenvalue weighted by atomic mass is 9.94. The quantitative estimate of drug-likeness (QED) is 0.840. The Balaban J connectivity index is 2.83. The second-order valence-electron chi connectivity index (χ2n) is 3.23. The molecular formula is C11H13BrO2. The third kappa shape index (κ3) is 2.66. The van der Waals surface area contributed by atoms with Crippen molar-refractivity contribution in [1.82, 2.24) is 0 Å². The maximum atomic E-state index is 11.2. The number of alkyl halides is 1. The van der Waals surface area contributed by atoms with Crippen molar-refractivity contribution in [3.8, 4) is 0 Å². The van der Waals surface area contributed by atoms with Crippen molar-refractivity contribution in [2.75, 3.05) is 5.33 Å². The van der Waals surface area contributed by atoms with Gasteiger partial charge in [-0.25, -0.2) is 0 Å². The lowest BCUT2D eigenvalue weighted by Crippen LogP contribution is -2.21. The van der Waals surface area contributed by atoms with Crippen molar-refractivity contribution in [3.63, 3.8) is 0 Å². The summed E-state index contributed by atoms with van der Waals surface area (Å²) in [5.74, 6) is -0.365.